The maximum Gasteiger partial charge on any atom is 0.335 e. The van der Waals surface area contributed by atoms with Crippen LogP contribution in [0.3, 0.4) is 0 Å². The minimum Gasteiger partial charge on any atom is -0.478 e. The molecule has 1 aromatic rings. The minimum atomic E-state index is -1.08. The Bertz CT molecular complexity index is 758. The van der Waals surface area contributed by atoms with E-state index in [1.54, 1.807) is 0 Å². The third-order valence-corrected chi connectivity index (χ3v) is 7.11. The first-order valence-electron chi connectivity index (χ1n) is 15.4. The van der Waals surface area contributed by atoms with Gasteiger partial charge in [-0.1, -0.05) is 66.2 Å². The highest BCUT2D eigenvalue weighted by Crippen LogP contribution is 2.26. The molecule has 0 heterocycles. The zero-order valence-corrected chi connectivity index (χ0v) is 25.4. The predicted octanol–water partition coefficient (Wildman–Crippen LogP) is 6.95. The quantitative estimate of drug-likeness (QED) is 0.116. The SMILES string of the molecule is CCCCCCOCCOC(CC)Cc1c(C(=O)O)ccc(C(=O)O)c1CC(CC)OCCOCCCCCC. The molecule has 0 aliphatic rings. The lowest BCUT2D eigenvalue weighted by Gasteiger charge is -2.24. The lowest BCUT2D eigenvalue weighted by atomic mass is 9.88. The monoisotopic (exact) mass is 566 g/mol. The number of ether oxygens (including phenoxy) is 4. The van der Waals surface area contributed by atoms with E-state index in [1.807, 2.05) is 13.8 Å². The average molecular weight is 567 g/mol. The van der Waals surface area contributed by atoms with E-state index in [0.29, 0.717) is 76.5 Å². The maximum absolute atomic E-state index is 12.2. The topological polar surface area (TPSA) is 112 Å². The Labute approximate surface area is 241 Å². The van der Waals surface area contributed by atoms with Crippen molar-refractivity contribution in [1.82, 2.24) is 0 Å². The number of hydrogen-bond donors (Lipinski definition) is 2. The summed E-state index contributed by atoms with van der Waals surface area (Å²) in [6.07, 6.45) is 10.6. The van der Waals surface area contributed by atoms with Gasteiger partial charge in [0.25, 0.3) is 0 Å². The van der Waals surface area contributed by atoms with Crippen molar-refractivity contribution in [2.45, 2.75) is 117 Å². The lowest BCUT2D eigenvalue weighted by Crippen LogP contribution is -2.25. The number of hydrogen-bond acceptors (Lipinski definition) is 6. The van der Waals surface area contributed by atoms with Gasteiger partial charge >= 0.3 is 11.9 Å². The normalized spacial score (nSPS) is 12.9. The van der Waals surface area contributed by atoms with Crippen LogP contribution in [0, 0.1) is 0 Å². The van der Waals surface area contributed by atoms with Gasteiger partial charge < -0.3 is 29.2 Å². The van der Waals surface area contributed by atoms with Crippen molar-refractivity contribution < 1.29 is 38.7 Å². The van der Waals surface area contributed by atoms with Crippen molar-refractivity contribution in [2.75, 3.05) is 39.6 Å². The van der Waals surface area contributed by atoms with Gasteiger partial charge in [-0.2, -0.15) is 0 Å². The summed E-state index contributed by atoms with van der Waals surface area (Å²) in [6.45, 7) is 11.5. The largest absolute Gasteiger partial charge is 0.478 e. The number of rotatable bonds is 26. The number of carbonyl (C=O) groups is 2. The van der Waals surface area contributed by atoms with E-state index in [1.165, 1.54) is 37.8 Å². The van der Waals surface area contributed by atoms with Crippen LogP contribution in [0.25, 0.3) is 0 Å². The van der Waals surface area contributed by atoms with Gasteiger partial charge in [-0.05, 0) is 61.8 Å². The van der Waals surface area contributed by atoms with Gasteiger partial charge in [-0.25, -0.2) is 9.59 Å². The maximum atomic E-state index is 12.2. The van der Waals surface area contributed by atoms with Crippen LogP contribution < -0.4 is 0 Å². The average Bonchev–Trinajstić information content (AvgIpc) is 2.94. The molecule has 230 valence electrons. The van der Waals surface area contributed by atoms with Crippen LogP contribution in [0.1, 0.15) is 124 Å². The van der Waals surface area contributed by atoms with Crippen LogP contribution >= 0.6 is 0 Å². The molecule has 0 aliphatic carbocycles. The molecule has 0 aromatic heterocycles. The highest BCUT2D eigenvalue weighted by atomic mass is 16.5. The predicted molar refractivity (Wildman–Crippen MR) is 158 cm³/mol. The first-order valence-corrected chi connectivity index (χ1v) is 15.4. The van der Waals surface area contributed by atoms with Gasteiger partial charge in [0.2, 0.25) is 0 Å². The molecule has 40 heavy (non-hydrogen) atoms. The molecule has 0 radical (unpaired) electrons. The molecule has 0 spiro atoms. The van der Waals surface area contributed by atoms with E-state index in [9.17, 15) is 19.8 Å². The number of aromatic carboxylic acids is 2. The fourth-order valence-electron chi connectivity index (χ4n) is 4.67. The molecule has 0 aliphatic heterocycles. The molecule has 1 rings (SSSR count). The third-order valence-electron chi connectivity index (χ3n) is 7.11. The van der Waals surface area contributed by atoms with Crippen LogP contribution in [0.15, 0.2) is 12.1 Å². The lowest BCUT2D eigenvalue weighted by molar-refractivity contribution is 0.000498. The Morgan fingerprint density at radius 3 is 1.32 bits per heavy atom. The molecule has 0 amide bonds. The molecule has 2 N–H and O–H groups in total. The molecule has 0 saturated heterocycles. The second kappa shape index (κ2) is 22.7. The Hall–Kier alpha value is -2.00. The third kappa shape index (κ3) is 14.6. The van der Waals surface area contributed by atoms with E-state index in [-0.39, 0.29) is 23.3 Å². The van der Waals surface area contributed by atoms with E-state index in [4.69, 9.17) is 18.9 Å². The zero-order chi connectivity index (χ0) is 29.6. The van der Waals surface area contributed by atoms with Crippen LogP contribution in [0.5, 0.6) is 0 Å². The molecule has 0 bridgehead atoms. The van der Waals surface area contributed by atoms with Crippen LogP contribution in [0.2, 0.25) is 0 Å². The van der Waals surface area contributed by atoms with Crippen molar-refractivity contribution in [1.29, 1.82) is 0 Å². The summed E-state index contributed by atoms with van der Waals surface area (Å²) in [5, 5.41) is 19.9. The molecular formula is C32H54O8. The number of carboxylic acid groups (broad SMARTS) is 2. The van der Waals surface area contributed by atoms with Crippen molar-refractivity contribution in [3.05, 3.63) is 34.4 Å². The summed E-state index contributed by atoms with van der Waals surface area (Å²) < 4.78 is 23.5. The summed E-state index contributed by atoms with van der Waals surface area (Å²) in [5.41, 5.74) is 1.24. The molecule has 8 nitrogen and oxygen atoms in total. The number of carboxylic acids is 2. The molecule has 2 unspecified atom stereocenters. The minimum absolute atomic E-state index is 0.111. The van der Waals surface area contributed by atoms with Crippen molar-refractivity contribution >= 4 is 11.9 Å². The first-order chi connectivity index (χ1) is 19.4. The van der Waals surface area contributed by atoms with E-state index in [0.717, 1.165) is 25.7 Å². The van der Waals surface area contributed by atoms with Gasteiger partial charge in [-0.3, -0.25) is 0 Å². The Morgan fingerprint density at radius 2 is 1.00 bits per heavy atom. The van der Waals surface area contributed by atoms with Crippen molar-refractivity contribution in [2.24, 2.45) is 0 Å². The first kappa shape index (κ1) is 36.0. The smallest absolute Gasteiger partial charge is 0.335 e. The van der Waals surface area contributed by atoms with Crippen molar-refractivity contribution in [3.63, 3.8) is 0 Å². The Kier molecular flexibility index (Phi) is 20.4. The van der Waals surface area contributed by atoms with Crippen LogP contribution in [-0.4, -0.2) is 74.0 Å². The summed E-state index contributed by atoms with van der Waals surface area (Å²) in [6, 6.07) is 2.79. The fourth-order valence-corrected chi connectivity index (χ4v) is 4.67. The van der Waals surface area contributed by atoms with Crippen LogP contribution in [0.4, 0.5) is 0 Å². The highest BCUT2D eigenvalue weighted by Gasteiger charge is 2.25. The molecule has 2 atom stereocenters. The summed E-state index contributed by atoms with van der Waals surface area (Å²) in [7, 11) is 0. The molecular weight excluding hydrogens is 512 g/mol. The van der Waals surface area contributed by atoms with Gasteiger partial charge in [0.05, 0.1) is 49.8 Å². The Morgan fingerprint density at radius 1 is 0.600 bits per heavy atom. The van der Waals surface area contributed by atoms with Crippen molar-refractivity contribution in [3.8, 4) is 0 Å². The van der Waals surface area contributed by atoms with Gasteiger partial charge in [-0.15, -0.1) is 0 Å². The Balaban J connectivity index is 2.90. The summed E-state index contributed by atoms with van der Waals surface area (Å²) >= 11 is 0. The zero-order valence-electron chi connectivity index (χ0n) is 25.4. The molecule has 0 fully saturated rings. The summed E-state index contributed by atoms with van der Waals surface area (Å²) in [5.74, 6) is -2.16. The van der Waals surface area contributed by atoms with Gasteiger partial charge in [0, 0.05) is 13.2 Å². The highest BCUT2D eigenvalue weighted by molar-refractivity contribution is 5.95. The van der Waals surface area contributed by atoms with E-state index >= 15 is 0 Å². The fraction of sp³-hybridized carbons (Fsp3) is 0.750. The van der Waals surface area contributed by atoms with E-state index in [2.05, 4.69) is 13.8 Å². The van der Waals surface area contributed by atoms with Crippen LogP contribution in [-0.2, 0) is 31.8 Å². The molecule has 1 aromatic carbocycles. The van der Waals surface area contributed by atoms with Gasteiger partial charge in [0.15, 0.2) is 0 Å². The standard InChI is InChI=1S/C32H54O8/c1-5-9-11-13-17-37-19-21-39-25(7-3)23-29-27(31(33)34)15-16-28(32(35)36)30(29)24-26(8-4)40-22-20-38-18-14-12-10-6-2/h15-16,25-26H,5-14,17-24H2,1-4H3,(H,33,34)(H,35,36). The second-order valence-electron chi connectivity index (χ2n) is 10.3. The number of unbranched alkanes of at least 4 members (excludes halogenated alkanes) is 6. The molecule has 8 heteroatoms. The van der Waals surface area contributed by atoms with Gasteiger partial charge in [0.1, 0.15) is 0 Å². The van der Waals surface area contributed by atoms with E-state index < -0.39 is 11.9 Å². The number of benzene rings is 1. The summed E-state index contributed by atoms with van der Waals surface area (Å²) in [4.78, 5) is 24.3. The molecule has 0 saturated carbocycles. The second-order valence-corrected chi connectivity index (χ2v) is 10.3.